The Bertz CT molecular complexity index is 827. The first-order valence-corrected chi connectivity index (χ1v) is 9.76. The van der Waals surface area contributed by atoms with Crippen LogP contribution in [-0.2, 0) is 0 Å². The average Bonchev–Trinajstić information content (AvgIpc) is 3.17. The third kappa shape index (κ3) is 3.76. The summed E-state index contributed by atoms with van der Waals surface area (Å²) in [6, 6.07) is 11.8. The molecule has 28 heavy (non-hydrogen) atoms. The number of nitrogens with one attached hydrogen (secondary N) is 1. The number of carbonyl (C=O) groups is 1. The molecule has 0 radical (unpaired) electrons. The summed E-state index contributed by atoms with van der Waals surface area (Å²) in [6.45, 7) is 1.90. The molecule has 5 heteroatoms. The lowest BCUT2D eigenvalue weighted by Crippen LogP contribution is -2.53. The van der Waals surface area contributed by atoms with Crippen molar-refractivity contribution in [1.82, 2.24) is 10.2 Å². The van der Waals surface area contributed by atoms with Gasteiger partial charge in [0.05, 0.1) is 18.7 Å². The van der Waals surface area contributed by atoms with Crippen LogP contribution in [0.15, 0.2) is 42.5 Å². The largest absolute Gasteiger partial charge is 0.496 e. The van der Waals surface area contributed by atoms with E-state index in [1.807, 2.05) is 19.1 Å². The van der Waals surface area contributed by atoms with Gasteiger partial charge in [-0.3, -0.25) is 4.79 Å². The van der Waals surface area contributed by atoms with Crippen molar-refractivity contribution >= 4 is 5.91 Å². The second kappa shape index (κ2) is 8.31. The summed E-state index contributed by atoms with van der Waals surface area (Å²) >= 11 is 0. The summed E-state index contributed by atoms with van der Waals surface area (Å²) < 4.78 is 19.0. The third-order valence-corrected chi connectivity index (χ3v) is 6.06. The molecule has 1 aliphatic rings. The summed E-state index contributed by atoms with van der Waals surface area (Å²) in [4.78, 5) is 15.5. The number of aryl methyl sites for hydroxylation is 1. The lowest BCUT2D eigenvalue weighted by Gasteiger charge is -2.44. The number of benzene rings is 2. The molecule has 2 aromatic rings. The van der Waals surface area contributed by atoms with E-state index in [1.165, 1.54) is 12.1 Å². The molecular weight excluding hydrogens is 355 g/mol. The van der Waals surface area contributed by atoms with E-state index in [0.29, 0.717) is 11.3 Å². The fourth-order valence-electron chi connectivity index (χ4n) is 4.47. The molecule has 0 saturated heterocycles. The molecule has 1 N–H and O–H groups in total. The van der Waals surface area contributed by atoms with Crippen molar-refractivity contribution in [3.63, 3.8) is 0 Å². The Morgan fingerprint density at radius 3 is 2.36 bits per heavy atom. The Morgan fingerprint density at radius 1 is 1.14 bits per heavy atom. The number of nitrogens with zero attached hydrogens (tertiary/aromatic N) is 1. The molecule has 0 aliphatic heterocycles. The normalized spacial score (nSPS) is 16.8. The maximum Gasteiger partial charge on any atom is 0.255 e. The summed E-state index contributed by atoms with van der Waals surface area (Å²) in [5, 5.41) is 3.27. The Hall–Kier alpha value is -2.40. The van der Waals surface area contributed by atoms with E-state index >= 15 is 0 Å². The van der Waals surface area contributed by atoms with Crippen LogP contribution in [0.2, 0.25) is 0 Å². The number of methoxy groups -OCH3 is 1. The highest BCUT2D eigenvalue weighted by atomic mass is 19.1. The van der Waals surface area contributed by atoms with Crippen molar-refractivity contribution in [2.24, 2.45) is 0 Å². The highest BCUT2D eigenvalue weighted by molar-refractivity contribution is 5.98. The van der Waals surface area contributed by atoms with Gasteiger partial charge in [-0.2, -0.15) is 0 Å². The van der Waals surface area contributed by atoms with E-state index in [2.05, 4.69) is 24.3 Å². The van der Waals surface area contributed by atoms with Crippen molar-refractivity contribution < 1.29 is 13.9 Å². The number of likely N-dealkylation sites (N-methyl/N-ethyl adjacent to an activating group) is 1. The minimum Gasteiger partial charge on any atom is -0.496 e. The molecule has 3 rings (SSSR count). The number of rotatable bonds is 6. The lowest BCUT2D eigenvalue weighted by atomic mass is 9.82. The number of amides is 1. The third-order valence-electron chi connectivity index (χ3n) is 6.06. The molecule has 1 aliphatic carbocycles. The highest BCUT2D eigenvalue weighted by Gasteiger charge is 2.45. The van der Waals surface area contributed by atoms with Gasteiger partial charge in [-0.15, -0.1) is 0 Å². The molecule has 1 saturated carbocycles. The number of ether oxygens (including phenoxy) is 1. The standard InChI is InChI=1S/C23H29FN2O2/c1-16-8-7-9-19(28-4)20(16)22(27)25-21(17-10-12-18(24)13-11-17)23(26(2)3)14-5-6-15-23/h7-13,21H,5-6,14-15H2,1-4H3,(H,25,27). The fraction of sp³-hybridized carbons (Fsp3) is 0.435. The second-order valence-corrected chi connectivity index (χ2v) is 7.82. The Balaban J connectivity index is 2.03. The van der Waals surface area contributed by atoms with Crippen molar-refractivity contribution in [2.45, 2.75) is 44.2 Å². The van der Waals surface area contributed by atoms with E-state index in [1.54, 1.807) is 25.3 Å². The van der Waals surface area contributed by atoms with Crippen LogP contribution in [0, 0.1) is 12.7 Å². The maximum absolute atomic E-state index is 13.5. The minimum atomic E-state index is -0.278. The zero-order chi connectivity index (χ0) is 20.3. The Labute approximate surface area is 166 Å². The summed E-state index contributed by atoms with van der Waals surface area (Å²) in [5.74, 6) is 0.109. The fourth-order valence-corrected chi connectivity index (χ4v) is 4.47. The van der Waals surface area contributed by atoms with Gasteiger partial charge in [-0.05, 0) is 63.2 Å². The molecule has 2 aromatic carbocycles. The first-order valence-electron chi connectivity index (χ1n) is 9.76. The zero-order valence-electron chi connectivity index (χ0n) is 17.1. The van der Waals surface area contributed by atoms with E-state index in [0.717, 1.165) is 36.8 Å². The molecule has 1 amide bonds. The van der Waals surface area contributed by atoms with Crippen LogP contribution < -0.4 is 10.1 Å². The summed E-state index contributed by atoms with van der Waals surface area (Å²) in [5.41, 5.74) is 2.12. The van der Waals surface area contributed by atoms with Gasteiger partial charge in [0.25, 0.3) is 5.91 Å². The van der Waals surface area contributed by atoms with Crippen LogP contribution in [0.5, 0.6) is 5.75 Å². The van der Waals surface area contributed by atoms with Gasteiger partial charge in [-0.1, -0.05) is 37.1 Å². The molecule has 1 atom stereocenters. The number of halogens is 1. The lowest BCUT2D eigenvalue weighted by molar-refractivity contribution is 0.0763. The summed E-state index contributed by atoms with van der Waals surface area (Å²) in [6.07, 6.45) is 4.18. The topological polar surface area (TPSA) is 41.6 Å². The van der Waals surface area contributed by atoms with E-state index in [4.69, 9.17) is 4.74 Å². The quantitative estimate of drug-likeness (QED) is 0.798. The predicted molar refractivity (Wildman–Crippen MR) is 109 cm³/mol. The van der Waals surface area contributed by atoms with Gasteiger partial charge < -0.3 is 15.0 Å². The van der Waals surface area contributed by atoms with Gasteiger partial charge in [0.15, 0.2) is 0 Å². The molecule has 1 unspecified atom stereocenters. The zero-order valence-corrected chi connectivity index (χ0v) is 17.1. The van der Waals surface area contributed by atoms with Crippen molar-refractivity contribution in [3.8, 4) is 5.75 Å². The van der Waals surface area contributed by atoms with Crippen LogP contribution in [0.3, 0.4) is 0 Å². The van der Waals surface area contributed by atoms with E-state index < -0.39 is 0 Å². The maximum atomic E-state index is 13.5. The Morgan fingerprint density at radius 2 is 1.79 bits per heavy atom. The highest BCUT2D eigenvalue weighted by Crippen LogP contribution is 2.43. The molecule has 4 nitrogen and oxygen atoms in total. The van der Waals surface area contributed by atoms with Crippen molar-refractivity contribution in [2.75, 3.05) is 21.2 Å². The average molecular weight is 384 g/mol. The van der Waals surface area contributed by atoms with Crippen LogP contribution in [-0.4, -0.2) is 37.6 Å². The van der Waals surface area contributed by atoms with E-state index in [-0.39, 0.29) is 23.3 Å². The monoisotopic (exact) mass is 384 g/mol. The Kier molecular flexibility index (Phi) is 6.04. The molecule has 0 spiro atoms. The van der Waals surface area contributed by atoms with Gasteiger partial charge >= 0.3 is 0 Å². The van der Waals surface area contributed by atoms with Crippen molar-refractivity contribution in [1.29, 1.82) is 0 Å². The molecule has 0 aromatic heterocycles. The summed E-state index contributed by atoms with van der Waals surface area (Å²) in [7, 11) is 5.69. The van der Waals surface area contributed by atoms with Crippen LogP contribution >= 0.6 is 0 Å². The van der Waals surface area contributed by atoms with E-state index in [9.17, 15) is 9.18 Å². The van der Waals surface area contributed by atoms with Gasteiger partial charge in [0, 0.05) is 5.54 Å². The van der Waals surface area contributed by atoms with Gasteiger partial charge in [0.2, 0.25) is 0 Å². The number of hydrogen-bond donors (Lipinski definition) is 1. The first kappa shape index (κ1) is 20.3. The smallest absolute Gasteiger partial charge is 0.255 e. The van der Waals surface area contributed by atoms with Crippen LogP contribution in [0.4, 0.5) is 4.39 Å². The SMILES string of the molecule is COc1cccc(C)c1C(=O)NC(c1ccc(F)cc1)C1(N(C)C)CCCC1. The molecule has 0 bridgehead atoms. The number of carbonyl (C=O) groups excluding carboxylic acids is 1. The predicted octanol–water partition coefficient (Wildman–Crippen LogP) is 4.49. The first-order chi connectivity index (χ1) is 13.4. The van der Waals surface area contributed by atoms with Crippen LogP contribution in [0.1, 0.15) is 53.2 Å². The van der Waals surface area contributed by atoms with Gasteiger partial charge in [-0.25, -0.2) is 4.39 Å². The van der Waals surface area contributed by atoms with Crippen LogP contribution in [0.25, 0.3) is 0 Å². The minimum absolute atomic E-state index is 0.169. The van der Waals surface area contributed by atoms with Gasteiger partial charge in [0.1, 0.15) is 11.6 Å². The number of hydrogen-bond acceptors (Lipinski definition) is 3. The molecule has 1 fully saturated rings. The second-order valence-electron chi connectivity index (χ2n) is 7.82. The molecule has 0 heterocycles. The van der Waals surface area contributed by atoms with Crippen molar-refractivity contribution in [3.05, 3.63) is 65.0 Å². The molecule has 150 valence electrons. The molecular formula is C23H29FN2O2.